The molecule has 108 valence electrons. The molecule has 1 atom stereocenters. The van der Waals surface area contributed by atoms with Crippen LogP contribution in [0, 0.1) is 10.3 Å². The van der Waals surface area contributed by atoms with E-state index in [4.69, 9.17) is 5.41 Å². The lowest BCUT2D eigenvalue weighted by Crippen LogP contribution is -2.23. The zero-order valence-corrected chi connectivity index (χ0v) is 11.9. The monoisotopic (exact) mass is 289 g/mol. The number of para-hydroxylation sites is 1. The van der Waals surface area contributed by atoms with Crippen LogP contribution in [0.2, 0.25) is 0 Å². The molecule has 4 nitrogen and oxygen atoms in total. The predicted octanol–water partition coefficient (Wildman–Crippen LogP) is 4.62. The molecule has 0 aliphatic carbocycles. The Balaban J connectivity index is 1.94. The van der Waals surface area contributed by atoms with E-state index in [0.29, 0.717) is 11.3 Å². The van der Waals surface area contributed by atoms with E-state index in [0.717, 1.165) is 16.8 Å². The number of rotatable bonds is 4. The van der Waals surface area contributed by atoms with Crippen molar-refractivity contribution in [2.45, 2.75) is 6.04 Å². The van der Waals surface area contributed by atoms with E-state index in [9.17, 15) is 4.91 Å². The van der Waals surface area contributed by atoms with Crippen LogP contribution in [0.4, 0.5) is 11.4 Å². The minimum absolute atomic E-state index is 0.105. The number of hydrogen-bond acceptors (Lipinski definition) is 4. The molecule has 0 spiro atoms. The van der Waals surface area contributed by atoms with E-state index < -0.39 is 0 Å². The summed E-state index contributed by atoms with van der Waals surface area (Å²) in [6, 6.07) is 15.0. The standard InChI is InChI=1S/C18H15N3O/c19-12-15(11-14-6-2-4-8-18(14)21-22)17-10-9-13-5-1-3-7-16(13)20-17/h1-12,17,19-20H/b15-11+,19-12?. The quantitative estimate of drug-likeness (QED) is 0.637. The summed E-state index contributed by atoms with van der Waals surface area (Å²) in [6.45, 7) is 0. The molecule has 0 fully saturated rings. The fourth-order valence-corrected chi connectivity index (χ4v) is 2.48. The third kappa shape index (κ3) is 2.72. The summed E-state index contributed by atoms with van der Waals surface area (Å²) in [7, 11) is 0. The van der Waals surface area contributed by atoms with E-state index in [-0.39, 0.29) is 6.04 Å². The molecule has 1 heterocycles. The van der Waals surface area contributed by atoms with Gasteiger partial charge in [-0.25, -0.2) is 0 Å². The van der Waals surface area contributed by atoms with Crippen LogP contribution in [0.3, 0.4) is 0 Å². The summed E-state index contributed by atoms with van der Waals surface area (Å²) in [6.07, 6.45) is 7.17. The summed E-state index contributed by atoms with van der Waals surface area (Å²) < 4.78 is 0. The molecule has 4 heteroatoms. The van der Waals surface area contributed by atoms with Crippen LogP contribution in [0.5, 0.6) is 0 Å². The van der Waals surface area contributed by atoms with Crippen molar-refractivity contribution in [3.05, 3.63) is 76.2 Å². The van der Waals surface area contributed by atoms with Gasteiger partial charge in [0.25, 0.3) is 0 Å². The van der Waals surface area contributed by atoms with Crippen LogP contribution >= 0.6 is 0 Å². The predicted molar refractivity (Wildman–Crippen MR) is 91.5 cm³/mol. The summed E-state index contributed by atoms with van der Waals surface area (Å²) in [4.78, 5) is 10.9. The van der Waals surface area contributed by atoms with Crippen molar-refractivity contribution in [1.29, 1.82) is 5.41 Å². The van der Waals surface area contributed by atoms with E-state index in [1.54, 1.807) is 12.1 Å². The van der Waals surface area contributed by atoms with Gasteiger partial charge in [-0.2, -0.15) is 0 Å². The van der Waals surface area contributed by atoms with Crippen LogP contribution in [-0.2, 0) is 0 Å². The lowest BCUT2D eigenvalue weighted by atomic mass is 9.98. The zero-order chi connectivity index (χ0) is 15.4. The van der Waals surface area contributed by atoms with Gasteiger partial charge in [-0.1, -0.05) is 48.6 Å². The van der Waals surface area contributed by atoms with Gasteiger partial charge in [-0.05, 0) is 34.5 Å². The van der Waals surface area contributed by atoms with E-state index >= 15 is 0 Å². The maximum Gasteiger partial charge on any atom is 0.115 e. The Morgan fingerprint density at radius 2 is 1.91 bits per heavy atom. The number of nitrogens with zero attached hydrogens (tertiary/aromatic N) is 1. The fraction of sp³-hybridized carbons (Fsp3) is 0.0556. The Kier molecular flexibility index (Phi) is 3.92. The molecule has 0 amide bonds. The van der Waals surface area contributed by atoms with Gasteiger partial charge in [0, 0.05) is 17.5 Å². The molecule has 1 unspecified atom stereocenters. The normalized spacial score (nSPS) is 16.5. The molecular weight excluding hydrogens is 274 g/mol. The van der Waals surface area contributed by atoms with Crippen molar-refractivity contribution in [2.24, 2.45) is 5.18 Å². The van der Waals surface area contributed by atoms with Crippen LogP contribution < -0.4 is 5.32 Å². The van der Waals surface area contributed by atoms with Crippen molar-refractivity contribution in [1.82, 2.24) is 0 Å². The molecule has 0 saturated heterocycles. The molecule has 0 radical (unpaired) electrons. The van der Waals surface area contributed by atoms with Gasteiger partial charge >= 0.3 is 0 Å². The Bertz CT molecular complexity index is 777. The van der Waals surface area contributed by atoms with Gasteiger partial charge < -0.3 is 10.7 Å². The second-order valence-electron chi connectivity index (χ2n) is 5.01. The molecule has 1 aliphatic rings. The van der Waals surface area contributed by atoms with Gasteiger partial charge in [-0.3, -0.25) is 0 Å². The molecule has 2 aromatic rings. The molecular formula is C18H15N3O. The van der Waals surface area contributed by atoms with Crippen LogP contribution in [0.15, 0.2) is 65.4 Å². The Hall–Kier alpha value is -3.01. The van der Waals surface area contributed by atoms with Crippen molar-refractivity contribution in [3.63, 3.8) is 0 Å². The average Bonchev–Trinajstić information content (AvgIpc) is 2.59. The fourth-order valence-electron chi connectivity index (χ4n) is 2.48. The molecule has 2 N–H and O–H groups in total. The highest BCUT2D eigenvalue weighted by Gasteiger charge is 2.15. The number of nitrogens with one attached hydrogen (secondary N) is 2. The highest BCUT2D eigenvalue weighted by atomic mass is 16.3. The van der Waals surface area contributed by atoms with Crippen LogP contribution in [0.25, 0.3) is 12.2 Å². The van der Waals surface area contributed by atoms with Gasteiger partial charge in [0.2, 0.25) is 0 Å². The molecule has 22 heavy (non-hydrogen) atoms. The number of hydrogen-bond donors (Lipinski definition) is 2. The molecule has 0 aromatic heterocycles. The van der Waals surface area contributed by atoms with Gasteiger partial charge in [0.1, 0.15) is 5.69 Å². The van der Waals surface area contributed by atoms with Crippen LogP contribution in [0.1, 0.15) is 11.1 Å². The zero-order valence-electron chi connectivity index (χ0n) is 11.9. The number of benzene rings is 2. The highest BCUT2D eigenvalue weighted by Crippen LogP contribution is 2.27. The minimum Gasteiger partial charge on any atom is -0.374 e. The highest BCUT2D eigenvalue weighted by molar-refractivity contribution is 5.90. The topological polar surface area (TPSA) is 65.3 Å². The first-order chi connectivity index (χ1) is 10.8. The lowest BCUT2D eigenvalue weighted by Gasteiger charge is -2.23. The van der Waals surface area contributed by atoms with Crippen LogP contribution in [-0.4, -0.2) is 12.3 Å². The maximum atomic E-state index is 10.9. The summed E-state index contributed by atoms with van der Waals surface area (Å²) in [5.41, 5.74) is 4.01. The summed E-state index contributed by atoms with van der Waals surface area (Å²) in [5.74, 6) is 0. The van der Waals surface area contributed by atoms with E-state index in [1.165, 1.54) is 6.21 Å². The summed E-state index contributed by atoms with van der Waals surface area (Å²) >= 11 is 0. The largest absolute Gasteiger partial charge is 0.374 e. The SMILES string of the molecule is N=C/C(=C\c1ccccc1N=O)C1C=Cc2ccccc2N1. The third-order valence-corrected chi connectivity index (χ3v) is 3.62. The molecule has 2 aromatic carbocycles. The van der Waals surface area contributed by atoms with E-state index in [1.807, 2.05) is 54.6 Å². The maximum absolute atomic E-state index is 10.9. The Morgan fingerprint density at radius 1 is 1.14 bits per heavy atom. The lowest BCUT2D eigenvalue weighted by molar-refractivity contribution is 1.07. The molecule has 0 saturated carbocycles. The van der Waals surface area contributed by atoms with Gasteiger partial charge in [-0.15, -0.1) is 4.91 Å². The van der Waals surface area contributed by atoms with Crippen molar-refractivity contribution in [2.75, 3.05) is 5.32 Å². The van der Waals surface area contributed by atoms with Gasteiger partial charge in [0.05, 0.1) is 6.04 Å². The summed E-state index contributed by atoms with van der Waals surface area (Å²) in [5, 5.41) is 14.1. The van der Waals surface area contributed by atoms with Crippen molar-refractivity contribution in [3.8, 4) is 0 Å². The third-order valence-electron chi connectivity index (χ3n) is 3.62. The molecule has 0 bridgehead atoms. The number of anilines is 1. The molecule has 3 rings (SSSR count). The van der Waals surface area contributed by atoms with Gasteiger partial charge in [0.15, 0.2) is 0 Å². The van der Waals surface area contributed by atoms with E-state index in [2.05, 4.69) is 10.5 Å². The number of nitroso groups, excluding NO2 is 1. The first kappa shape index (κ1) is 13.9. The van der Waals surface area contributed by atoms with Crippen molar-refractivity contribution < 1.29 is 0 Å². The Morgan fingerprint density at radius 3 is 2.73 bits per heavy atom. The molecule has 1 aliphatic heterocycles. The minimum atomic E-state index is -0.105. The number of fused-ring (bicyclic) bond motifs is 1. The first-order valence-electron chi connectivity index (χ1n) is 7.00. The average molecular weight is 289 g/mol. The smallest absolute Gasteiger partial charge is 0.115 e. The van der Waals surface area contributed by atoms with Crippen molar-refractivity contribution >= 4 is 29.7 Å². The second kappa shape index (κ2) is 6.18. The second-order valence-corrected chi connectivity index (χ2v) is 5.01. The Labute approximate surface area is 128 Å². The first-order valence-corrected chi connectivity index (χ1v) is 7.00.